The van der Waals surface area contributed by atoms with Crippen molar-refractivity contribution in [3.63, 3.8) is 0 Å². The van der Waals surface area contributed by atoms with E-state index >= 15 is 0 Å². The number of nitrogens with zero attached hydrogens (tertiary/aromatic N) is 2. The quantitative estimate of drug-likeness (QED) is 0.866. The first-order valence-electron chi connectivity index (χ1n) is 6.19. The van der Waals surface area contributed by atoms with Gasteiger partial charge < -0.3 is 20.5 Å². The van der Waals surface area contributed by atoms with Gasteiger partial charge in [0.1, 0.15) is 25.6 Å². The number of rotatable bonds is 3. The molecule has 0 fully saturated rings. The number of nitrogens with two attached hydrogens (primary N) is 1. The summed E-state index contributed by atoms with van der Waals surface area (Å²) in [6.45, 7) is 1.15. The molecule has 1 amide bonds. The average Bonchev–Trinajstić information content (AvgIpc) is 2.83. The summed E-state index contributed by atoms with van der Waals surface area (Å²) in [6, 6.07) is 6.92. The second-order valence-electron chi connectivity index (χ2n) is 4.34. The van der Waals surface area contributed by atoms with Crippen LogP contribution in [0.3, 0.4) is 0 Å². The van der Waals surface area contributed by atoms with Gasteiger partial charge in [-0.3, -0.25) is 9.48 Å². The summed E-state index contributed by atoms with van der Waals surface area (Å²) < 4.78 is 12.3. The smallest absolute Gasteiger partial charge is 0.246 e. The number of amides is 1. The van der Waals surface area contributed by atoms with Gasteiger partial charge in [-0.15, -0.1) is 0 Å². The minimum Gasteiger partial charge on any atom is -0.486 e. The molecule has 1 aliphatic heterocycles. The van der Waals surface area contributed by atoms with Crippen LogP contribution in [-0.4, -0.2) is 28.9 Å². The molecule has 3 N–H and O–H groups in total. The molecule has 0 saturated carbocycles. The monoisotopic (exact) mass is 274 g/mol. The Bertz CT molecular complexity index is 638. The molecule has 0 spiro atoms. The number of anilines is 2. The summed E-state index contributed by atoms with van der Waals surface area (Å²) >= 11 is 0. The molecule has 20 heavy (non-hydrogen) atoms. The van der Waals surface area contributed by atoms with Gasteiger partial charge in [-0.25, -0.2) is 0 Å². The molecule has 0 bridgehead atoms. The van der Waals surface area contributed by atoms with E-state index < -0.39 is 0 Å². The number of carbonyl (C=O) groups is 1. The molecule has 1 aromatic carbocycles. The van der Waals surface area contributed by atoms with Gasteiger partial charge >= 0.3 is 0 Å². The Balaban J connectivity index is 1.66. The zero-order valence-corrected chi connectivity index (χ0v) is 10.7. The van der Waals surface area contributed by atoms with E-state index in [1.165, 1.54) is 4.68 Å². The molecule has 104 valence electrons. The third kappa shape index (κ3) is 2.66. The predicted octanol–water partition coefficient (Wildman–Crippen LogP) is 0.875. The van der Waals surface area contributed by atoms with Crippen LogP contribution in [0.4, 0.5) is 11.5 Å². The Hall–Kier alpha value is -2.70. The van der Waals surface area contributed by atoms with Gasteiger partial charge in [-0.2, -0.15) is 5.10 Å². The van der Waals surface area contributed by atoms with Crippen molar-refractivity contribution in [2.45, 2.75) is 6.54 Å². The van der Waals surface area contributed by atoms with Gasteiger partial charge in [0.2, 0.25) is 5.91 Å². The average molecular weight is 274 g/mol. The number of ether oxygens (including phenoxy) is 2. The molecule has 0 aliphatic carbocycles. The lowest BCUT2D eigenvalue weighted by Gasteiger charge is -2.19. The van der Waals surface area contributed by atoms with Crippen molar-refractivity contribution in [1.29, 1.82) is 0 Å². The van der Waals surface area contributed by atoms with Crippen LogP contribution >= 0.6 is 0 Å². The third-order valence-corrected chi connectivity index (χ3v) is 2.79. The van der Waals surface area contributed by atoms with E-state index in [-0.39, 0.29) is 12.5 Å². The zero-order valence-electron chi connectivity index (χ0n) is 10.7. The highest BCUT2D eigenvalue weighted by Gasteiger charge is 2.13. The number of nitrogen functional groups attached to an aromatic ring is 1. The summed E-state index contributed by atoms with van der Waals surface area (Å²) in [7, 11) is 0. The van der Waals surface area contributed by atoms with E-state index in [9.17, 15) is 4.79 Å². The second kappa shape index (κ2) is 5.12. The number of fused-ring (bicyclic) bond motifs is 1. The highest BCUT2D eigenvalue weighted by molar-refractivity contribution is 5.90. The normalized spacial score (nSPS) is 13.0. The van der Waals surface area contributed by atoms with Gasteiger partial charge in [0.15, 0.2) is 11.5 Å². The van der Waals surface area contributed by atoms with Gasteiger partial charge in [0.25, 0.3) is 0 Å². The predicted molar refractivity (Wildman–Crippen MR) is 72.7 cm³/mol. The highest BCUT2D eigenvalue weighted by Crippen LogP contribution is 2.32. The van der Waals surface area contributed by atoms with E-state index in [0.29, 0.717) is 36.2 Å². The van der Waals surface area contributed by atoms with Crippen LogP contribution < -0.4 is 20.5 Å². The molecule has 2 aromatic rings. The van der Waals surface area contributed by atoms with Crippen LogP contribution in [0, 0.1) is 0 Å². The molecule has 0 radical (unpaired) electrons. The zero-order chi connectivity index (χ0) is 13.9. The van der Waals surface area contributed by atoms with Gasteiger partial charge in [-0.1, -0.05) is 0 Å². The first kappa shape index (κ1) is 12.3. The van der Waals surface area contributed by atoms with Crippen molar-refractivity contribution in [2.24, 2.45) is 0 Å². The van der Waals surface area contributed by atoms with E-state index in [0.717, 1.165) is 0 Å². The fourth-order valence-electron chi connectivity index (χ4n) is 1.93. The molecular formula is C13H14N4O3. The number of aromatic nitrogens is 2. The van der Waals surface area contributed by atoms with Crippen molar-refractivity contribution in [3.05, 3.63) is 30.5 Å². The van der Waals surface area contributed by atoms with Crippen LogP contribution in [0.15, 0.2) is 30.5 Å². The van der Waals surface area contributed by atoms with Crippen LogP contribution in [-0.2, 0) is 11.3 Å². The molecule has 7 heteroatoms. The summed E-state index contributed by atoms with van der Waals surface area (Å²) in [6.07, 6.45) is 1.65. The largest absolute Gasteiger partial charge is 0.486 e. The molecule has 1 aromatic heterocycles. The van der Waals surface area contributed by atoms with Gasteiger partial charge in [0.05, 0.1) is 0 Å². The number of nitrogens with one attached hydrogen (secondary N) is 1. The molecule has 0 atom stereocenters. The summed E-state index contributed by atoms with van der Waals surface area (Å²) in [5, 5.41) is 6.73. The SMILES string of the molecule is Nc1ccn(CC(=O)Nc2ccc3c(c2)OCCO3)n1. The first-order chi connectivity index (χ1) is 9.70. The molecular weight excluding hydrogens is 260 g/mol. The number of benzene rings is 1. The van der Waals surface area contributed by atoms with E-state index in [1.807, 2.05) is 0 Å². The van der Waals surface area contributed by atoms with E-state index in [4.69, 9.17) is 15.2 Å². The summed E-state index contributed by atoms with van der Waals surface area (Å²) in [4.78, 5) is 11.9. The van der Waals surface area contributed by atoms with Crippen molar-refractivity contribution in [2.75, 3.05) is 24.3 Å². The number of carbonyl (C=O) groups excluding carboxylic acids is 1. The van der Waals surface area contributed by atoms with Crippen molar-refractivity contribution < 1.29 is 14.3 Å². The van der Waals surface area contributed by atoms with Crippen LogP contribution in [0.1, 0.15) is 0 Å². The molecule has 7 nitrogen and oxygen atoms in total. The van der Waals surface area contributed by atoms with Gasteiger partial charge in [0, 0.05) is 18.0 Å². The fourth-order valence-corrected chi connectivity index (χ4v) is 1.93. The molecule has 1 aliphatic rings. The maximum absolute atomic E-state index is 11.9. The number of hydrogen-bond donors (Lipinski definition) is 2. The summed E-state index contributed by atoms with van der Waals surface area (Å²) in [5.74, 6) is 1.52. The lowest BCUT2D eigenvalue weighted by molar-refractivity contribution is -0.116. The Morgan fingerprint density at radius 1 is 1.30 bits per heavy atom. The van der Waals surface area contributed by atoms with E-state index in [2.05, 4.69) is 10.4 Å². The fraction of sp³-hybridized carbons (Fsp3) is 0.231. The summed E-state index contributed by atoms with van der Waals surface area (Å²) in [5.41, 5.74) is 6.14. The Labute approximate surface area is 115 Å². The number of hydrogen-bond acceptors (Lipinski definition) is 5. The van der Waals surface area contributed by atoms with Crippen molar-refractivity contribution in [1.82, 2.24) is 9.78 Å². The highest BCUT2D eigenvalue weighted by atomic mass is 16.6. The second-order valence-corrected chi connectivity index (χ2v) is 4.34. The van der Waals surface area contributed by atoms with E-state index in [1.54, 1.807) is 30.5 Å². The minimum atomic E-state index is -0.190. The van der Waals surface area contributed by atoms with Gasteiger partial charge in [-0.05, 0) is 18.2 Å². The molecule has 0 saturated heterocycles. The minimum absolute atomic E-state index is 0.103. The Morgan fingerprint density at radius 2 is 2.10 bits per heavy atom. The Kier molecular flexibility index (Phi) is 3.16. The molecule has 2 heterocycles. The van der Waals surface area contributed by atoms with Crippen LogP contribution in [0.5, 0.6) is 11.5 Å². The first-order valence-corrected chi connectivity index (χ1v) is 6.19. The molecule has 3 rings (SSSR count). The lowest BCUT2D eigenvalue weighted by Crippen LogP contribution is -2.20. The van der Waals surface area contributed by atoms with Crippen molar-refractivity contribution >= 4 is 17.4 Å². The topological polar surface area (TPSA) is 91.4 Å². The van der Waals surface area contributed by atoms with Crippen molar-refractivity contribution in [3.8, 4) is 11.5 Å². The maximum atomic E-state index is 11.9. The van der Waals surface area contributed by atoms with Crippen LogP contribution in [0.25, 0.3) is 0 Å². The lowest BCUT2D eigenvalue weighted by atomic mass is 10.2. The molecule has 0 unspecified atom stereocenters. The van der Waals surface area contributed by atoms with Crippen LogP contribution in [0.2, 0.25) is 0 Å². The Morgan fingerprint density at radius 3 is 2.85 bits per heavy atom. The maximum Gasteiger partial charge on any atom is 0.246 e. The third-order valence-electron chi connectivity index (χ3n) is 2.79. The standard InChI is InChI=1S/C13H14N4O3/c14-12-3-4-17(16-12)8-13(18)15-9-1-2-10-11(7-9)20-6-5-19-10/h1-4,7H,5-6,8H2,(H2,14,16)(H,15,18).